The van der Waals surface area contributed by atoms with Crippen LogP contribution in [0, 0.1) is 0 Å². The minimum atomic E-state index is -4.48. The van der Waals surface area contributed by atoms with Crippen molar-refractivity contribution in [1.82, 2.24) is 20.2 Å². The highest BCUT2D eigenvalue weighted by atomic mass is 19.4. The Balaban J connectivity index is 1.41. The van der Waals surface area contributed by atoms with Crippen molar-refractivity contribution in [2.24, 2.45) is 0 Å². The zero-order valence-electron chi connectivity index (χ0n) is 22.3. The van der Waals surface area contributed by atoms with Crippen LogP contribution in [0.4, 0.5) is 24.8 Å². The maximum absolute atomic E-state index is 14.3. The van der Waals surface area contributed by atoms with E-state index in [9.17, 15) is 13.2 Å². The molecule has 0 saturated heterocycles. The molecule has 1 aromatic carbocycles. The molecule has 3 fully saturated rings. The summed E-state index contributed by atoms with van der Waals surface area (Å²) in [5.41, 5.74) is 2.91. The molecule has 2 heterocycles. The molecule has 3 N–H and O–H groups in total. The second kappa shape index (κ2) is 11.2. The summed E-state index contributed by atoms with van der Waals surface area (Å²) in [6, 6.07) is 6.87. The van der Waals surface area contributed by atoms with Crippen molar-refractivity contribution in [2.75, 3.05) is 10.6 Å². The lowest BCUT2D eigenvalue weighted by molar-refractivity contribution is -0.136. The fourth-order valence-electron chi connectivity index (χ4n) is 6.67. The zero-order valence-corrected chi connectivity index (χ0v) is 22.3. The summed E-state index contributed by atoms with van der Waals surface area (Å²) in [5.74, 6) is 0.842. The van der Waals surface area contributed by atoms with Crippen molar-refractivity contribution >= 4 is 11.6 Å². The molecular weight excluding hydrogens is 501 g/mol. The van der Waals surface area contributed by atoms with Gasteiger partial charge in [-0.2, -0.15) is 18.3 Å². The van der Waals surface area contributed by atoms with Crippen LogP contribution in [-0.4, -0.2) is 32.2 Å². The van der Waals surface area contributed by atoms with E-state index in [4.69, 9.17) is 4.98 Å². The van der Waals surface area contributed by atoms with E-state index >= 15 is 0 Å². The summed E-state index contributed by atoms with van der Waals surface area (Å²) in [7, 11) is 0. The SMILES string of the molecule is FC(F)(F)c1cc(-c2n[nH]c(C3CCCCC3)c2-c2ccnc(NC3CCCC3)n2)ccc1NC1CCCC1. The minimum Gasteiger partial charge on any atom is -0.382 e. The van der Waals surface area contributed by atoms with Gasteiger partial charge < -0.3 is 10.6 Å². The molecule has 0 unspecified atom stereocenters. The third kappa shape index (κ3) is 5.77. The van der Waals surface area contributed by atoms with E-state index < -0.39 is 11.7 Å². The van der Waals surface area contributed by atoms with Gasteiger partial charge in [0.25, 0.3) is 0 Å². The Hall–Kier alpha value is -3.10. The minimum absolute atomic E-state index is 0.0857. The molecule has 2 aromatic heterocycles. The Morgan fingerprint density at radius 3 is 2.15 bits per heavy atom. The van der Waals surface area contributed by atoms with Crippen LogP contribution in [-0.2, 0) is 6.18 Å². The third-order valence-corrected chi connectivity index (χ3v) is 8.72. The highest BCUT2D eigenvalue weighted by Gasteiger charge is 2.35. The number of alkyl halides is 3. The topological polar surface area (TPSA) is 78.5 Å². The van der Waals surface area contributed by atoms with Crippen LogP contribution >= 0.6 is 0 Å². The normalized spacial score (nSPS) is 19.6. The number of halogens is 3. The van der Waals surface area contributed by atoms with Crippen LogP contribution < -0.4 is 10.6 Å². The first-order valence-electron chi connectivity index (χ1n) is 14.6. The standard InChI is InChI=1S/C30H37F3N6/c31-30(32,33)23-18-20(14-15-24(23)35-21-10-4-5-11-21)28-26(27(38-39-28)19-8-2-1-3-9-19)25-16-17-34-29(37-25)36-22-12-6-7-13-22/h14-19,21-22,35H,1-13H2,(H,38,39)(H,34,36,37). The number of hydrogen-bond donors (Lipinski definition) is 3. The molecule has 0 aliphatic heterocycles. The lowest BCUT2D eigenvalue weighted by atomic mass is 9.84. The van der Waals surface area contributed by atoms with Crippen LogP contribution in [0.1, 0.15) is 101 Å². The van der Waals surface area contributed by atoms with E-state index in [1.807, 2.05) is 6.07 Å². The van der Waals surface area contributed by atoms with Gasteiger partial charge in [0.15, 0.2) is 0 Å². The van der Waals surface area contributed by atoms with Crippen molar-refractivity contribution < 1.29 is 13.2 Å². The van der Waals surface area contributed by atoms with Crippen LogP contribution in [0.2, 0.25) is 0 Å². The monoisotopic (exact) mass is 538 g/mol. The van der Waals surface area contributed by atoms with Crippen LogP contribution in [0.5, 0.6) is 0 Å². The second-order valence-electron chi connectivity index (χ2n) is 11.5. The lowest BCUT2D eigenvalue weighted by Gasteiger charge is -2.22. The van der Waals surface area contributed by atoms with Gasteiger partial charge >= 0.3 is 6.18 Å². The van der Waals surface area contributed by atoms with Crippen molar-refractivity contribution in [3.05, 3.63) is 41.7 Å². The first-order chi connectivity index (χ1) is 19.0. The summed E-state index contributed by atoms with van der Waals surface area (Å²) in [5, 5.41) is 14.5. The molecule has 0 radical (unpaired) electrons. The smallest absolute Gasteiger partial charge is 0.382 e. The van der Waals surface area contributed by atoms with Crippen molar-refractivity contribution in [3.63, 3.8) is 0 Å². The summed E-state index contributed by atoms with van der Waals surface area (Å²) < 4.78 is 42.9. The predicted octanol–water partition coefficient (Wildman–Crippen LogP) is 8.31. The van der Waals surface area contributed by atoms with Gasteiger partial charge in [-0.25, -0.2) is 9.97 Å². The number of aromatic amines is 1. The van der Waals surface area contributed by atoms with Crippen LogP contribution in [0.3, 0.4) is 0 Å². The van der Waals surface area contributed by atoms with E-state index in [1.165, 1.54) is 25.3 Å². The Kier molecular flexibility index (Phi) is 7.49. The summed E-state index contributed by atoms with van der Waals surface area (Å²) in [6.45, 7) is 0. The molecule has 3 aliphatic rings. The summed E-state index contributed by atoms with van der Waals surface area (Å²) in [6.07, 6.45) is 11.3. The highest BCUT2D eigenvalue weighted by molar-refractivity contribution is 5.83. The lowest BCUT2D eigenvalue weighted by Crippen LogP contribution is -2.18. The fraction of sp³-hybridized carbons (Fsp3) is 0.567. The summed E-state index contributed by atoms with van der Waals surface area (Å²) >= 11 is 0. The Morgan fingerprint density at radius 1 is 0.795 bits per heavy atom. The molecule has 9 heteroatoms. The largest absolute Gasteiger partial charge is 0.418 e. The molecule has 3 aromatic rings. The van der Waals surface area contributed by atoms with E-state index in [0.717, 1.165) is 75.5 Å². The number of aromatic nitrogens is 4. The van der Waals surface area contributed by atoms with E-state index in [-0.39, 0.29) is 17.6 Å². The number of anilines is 2. The Bertz CT molecular complexity index is 1270. The third-order valence-electron chi connectivity index (χ3n) is 8.72. The molecule has 6 nitrogen and oxygen atoms in total. The number of H-pyrrole nitrogens is 1. The van der Waals surface area contributed by atoms with E-state index in [0.29, 0.717) is 28.9 Å². The number of nitrogens with one attached hydrogen (secondary N) is 3. The van der Waals surface area contributed by atoms with Gasteiger partial charge in [-0.05, 0) is 56.7 Å². The molecule has 6 rings (SSSR count). The number of nitrogens with zero attached hydrogens (tertiary/aromatic N) is 3. The maximum Gasteiger partial charge on any atom is 0.418 e. The maximum atomic E-state index is 14.3. The highest BCUT2D eigenvalue weighted by Crippen LogP contribution is 2.44. The molecule has 0 bridgehead atoms. The molecule has 0 atom stereocenters. The quantitative estimate of drug-likeness (QED) is 0.282. The number of hydrogen-bond acceptors (Lipinski definition) is 5. The average molecular weight is 539 g/mol. The van der Waals surface area contributed by atoms with E-state index in [2.05, 4.69) is 25.8 Å². The predicted molar refractivity (Wildman–Crippen MR) is 148 cm³/mol. The first kappa shape index (κ1) is 26.1. The summed E-state index contributed by atoms with van der Waals surface area (Å²) in [4.78, 5) is 9.32. The van der Waals surface area contributed by atoms with Gasteiger partial charge in [0.2, 0.25) is 5.95 Å². The molecule has 208 valence electrons. The van der Waals surface area contributed by atoms with Crippen LogP contribution in [0.25, 0.3) is 22.5 Å². The molecular formula is C30H37F3N6. The fourth-order valence-corrected chi connectivity index (χ4v) is 6.67. The molecule has 0 amide bonds. The van der Waals surface area contributed by atoms with Gasteiger partial charge in [-0.1, -0.05) is 51.0 Å². The van der Waals surface area contributed by atoms with Gasteiger partial charge in [0, 0.05) is 46.7 Å². The Morgan fingerprint density at radius 2 is 1.46 bits per heavy atom. The number of rotatable bonds is 7. The van der Waals surface area contributed by atoms with Gasteiger partial charge in [0.1, 0.15) is 5.69 Å². The van der Waals surface area contributed by atoms with Crippen molar-refractivity contribution in [1.29, 1.82) is 0 Å². The molecule has 39 heavy (non-hydrogen) atoms. The molecule has 3 aliphatic carbocycles. The average Bonchev–Trinajstić information content (AvgIpc) is 3.72. The van der Waals surface area contributed by atoms with Crippen molar-refractivity contribution in [2.45, 2.75) is 108 Å². The first-order valence-corrected chi connectivity index (χ1v) is 14.6. The molecule has 0 spiro atoms. The van der Waals surface area contributed by atoms with Gasteiger partial charge in [-0.15, -0.1) is 0 Å². The zero-order chi connectivity index (χ0) is 26.8. The van der Waals surface area contributed by atoms with Gasteiger partial charge in [0.05, 0.1) is 11.3 Å². The van der Waals surface area contributed by atoms with E-state index in [1.54, 1.807) is 18.3 Å². The van der Waals surface area contributed by atoms with Gasteiger partial charge in [-0.3, -0.25) is 5.10 Å². The van der Waals surface area contributed by atoms with Crippen molar-refractivity contribution in [3.8, 4) is 22.5 Å². The second-order valence-corrected chi connectivity index (χ2v) is 11.5. The van der Waals surface area contributed by atoms with Crippen LogP contribution in [0.15, 0.2) is 30.5 Å². The number of benzene rings is 1. The Labute approximate surface area is 227 Å². The molecule has 3 saturated carbocycles.